The van der Waals surface area contributed by atoms with E-state index >= 15 is 0 Å². The van der Waals surface area contributed by atoms with Gasteiger partial charge in [0.25, 0.3) is 0 Å². The molecule has 1 N–H and O–H groups in total. The molecule has 140 valence electrons. The van der Waals surface area contributed by atoms with E-state index in [2.05, 4.69) is 16.8 Å². The van der Waals surface area contributed by atoms with Crippen LogP contribution < -0.4 is 10.1 Å². The van der Waals surface area contributed by atoms with Gasteiger partial charge in [-0.25, -0.2) is 4.98 Å². The molecule has 1 atom stereocenters. The average Bonchev–Trinajstić information content (AvgIpc) is 3.47. The maximum Gasteiger partial charge on any atom is 0.230 e. The SMILES string of the molecule is COc1ccc(-n2c(SCC(=O)NC(C)C3CC3)nc3ccccc32)cc1. The number of benzene rings is 2. The summed E-state index contributed by atoms with van der Waals surface area (Å²) in [6.45, 7) is 2.09. The first kappa shape index (κ1) is 17.9. The summed E-state index contributed by atoms with van der Waals surface area (Å²) in [5.74, 6) is 1.89. The largest absolute Gasteiger partial charge is 0.497 e. The number of hydrogen-bond acceptors (Lipinski definition) is 4. The van der Waals surface area contributed by atoms with Gasteiger partial charge in [-0.3, -0.25) is 9.36 Å². The lowest BCUT2D eigenvalue weighted by Gasteiger charge is -2.13. The van der Waals surface area contributed by atoms with E-state index in [1.54, 1.807) is 7.11 Å². The highest BCUT2D eigenvalue weighted by Gasteiger charge is 2.28. The van der Waals surface area contributed by atoms with Gasteiger partial charge in [-0.2, -0.15) is 0 Å². The molecule has 27 heavy (non-hydrogen) atoms. The van der Waals surface area contributed by atoms with Crippen molar-refractivity contribution in [3.05, 3.63) is 48.5 Å². The van der Waals surface area contributed by atoms with E-state index in [1.165, 1.54) is 24.6 Å². The Bertz CT molecular complexity index is 948. The molecule has 0 spiro atoms. The molecule has 2 aromatic carbocycles. The molecule has 3 aromatic rings. The minimum atomic E-state index is 0.0627. The van der Waals surface area contributed by atoms with Crippen molar-refractivity contribution in [2.45, 2.75) is 31.0 Å². The van der Waals surface area contributed by atoms with Crippen LogP contribution >= 0.6 is 11.8 Å². The van der Waals surface area contributed by atoms with Crippen LogP contribution in [-0.2, 0) is 4.79 Å². The molecular weight excluding hydrogens is 358 g/mol. The second-order valence-electron chi connectivity index (χ2n) is 6.90. The molecule has 1 aliphatic rings. The fourth-order valence-corrected chi connectivity index (χ4v) is 4.06. The Kier molecular flexibility index (Phi) is 5.07. The number of nitrogens with one attached hydrogen (secondary N) is 1. The number of ether oxygens (including phenoxy) is 1. The summed E-state index contributed by atoms with van der Waals surface area (Å²) in [5.41, 5.74) is 2.94. The zero-order valence-electron chi connectivity index (χ0n) is 15.5. The summed E-state index contributed by atoms with van der Waals surface area (Å²) in [7, 11) is 1.66. The number of methoxy groups -OCH3 is 1. The number of rotatable bonds is 7. The van der Waals surface area contributed by atoms with Crippen molar-refractivity contribution in [1.29, 1.82) is 0 Å². The predicted molar refractivity (Wildman–Crippen MR) is 109 cm³/mol. The highest BCUT2D eigenvalue weighted by molar-refractivity contribution is 7.99. The summed E-state index contributed by atoms with van der Waals surface area (Å²) in [6.07, 6.45) is 2.45. The van der Waals surface area contributed by atoms with Crippen LogP contribution in [0.4, 0.5) is 0 Å². The third-order valence-corrected chi connectivity index (χ3v) is 5.85. The first-order valence-electron chi connectivity index (χ1n) is 9.20. The normalized spacial score (nSPS) is 14.9. The van der Waals surface area contributed by atoms with Gasteiger partial charge in [0, 0.05) is 11.7 Å². The van der Waals surface area contributed by atoms with Crippen LogP contribution in [0.5, 0.6) is 5.75 Å². The Morgan fingerprint density at radius 1 is 1.26 bits per heavy atom. The Labute approximate surface area is 163 Å². The number of para-hydroxylation sites is 2. The molecule has 5 nitrogen and oxygen atoms in total. The van der Waals surface area contributed by atoms with Gasteiger partial charge in [0.15, 0.2) is 5.16 Å². The summed E-state index contributed by atoms with van der Waals surface area (Å²) in [4.78, 5) is 17.1. The first-order valence-corrected chi connectivity index (χ1v) is 10.2. The number of imidazole rings is 1. The van der Waals surface area contributed by atoms with Crippen LogP contribution in [0.1, 0.15) is 19.8 Å². The van der Waals surface area contributed by atoms with Gasteiger partial charge in [-0.15, -0.1) is 0 Å². The van der Waals surface area contributed by atoms with Crippen molar-refractivity contribution >= 4 is 28.7 Å². The number of fused-ring (bicyclic) bond motifs is 1. The Morgan fingerprint density at radius 2 is 2.00 bits per heavy atom. The van der Waals surface area contributed by atoms with Crippen molar-refractivity contribution in [3.63, 3.8) is 0 Å². The zero-order valence-corrected chi connectivity index (χ0v) is 16.3. The molecule has 1 fully saturated rings. The molecule has 1 amide bonds. The highest BCUT2D eigenvalue weighted by Crippen LogP contribution is 2.32. The summed E-state index contributed by atoms with van der Waals surface area (Å²) < 4.78 is 7.36. The van der Waals surface area contributed by atoms with Crippen LogP contribution in [0.15, 0.2) is 53.7 Å². The molecule has 1 unspecified atom stereocenters. The van der Waals surface area contributed by atoms with Crippen LogP contribution in [0.3, 0.4) is 0 Å². The van der Waals surface area contributed by atoms with Gasteiger partial charge in [0.2, 0.25) is 5.91 Å². The average molecular weight is 382 g/mol. The summed E-state index contributed by atoms with van der Waals surface area (Å²) in [5, 5.41) is 3.92. The first-order chi connectivity index (χ1) is 13.2. The number of nitrogens with zero attached hydrogens (tertiary/aromatic N) is 2. The van der Waals surface area contributed by atoms with E-state index < -0.39 is 0 Å². The van der Waals surface area contributed by atoms with Crippen molar-refractivity contribution in [1.82, 2.24) is 14.9 Å². The number of amides is 1. The highest BCUT2D eigenvalue weighted by atomic mass is 32.2. The standard InChI is InChI=1S/C21H23N3O2S/c1-14(15-7-8-15)22-20(25)13-27-21-23-18-5-3-4-6-19(18)24(21)16-9-11-17(26-2)12-10-16/h3-6,9-12,14-15H,7-8,13H2,1-2H3,(H,22,25). The maximum atomic E-state index is 12.3. The van der Waals surface area contributed by atoms with Crippen LogP contribution in [0.25, 0.3) is 16.7 Å². The molecule has 1 aromatic heterocycles. The lowest BCUT2D eigenvalue weighted by molar-refractivity contribution is -0.119. The van der Waals surface area contributed by atoms with Crippen molar-refractivity contribution in [2.24, 2.45) is 5.92 Å². The van der Waals surface area contributed by atoms with Crippen LogP contribution in [0.2, 0.25) is 0 Å². The van der Waals surface area contributed by atoms with Crippen molar-refractivity contribution < 1.29 is 9.53 Å². The lowest BCUT2D eigenvalue weighted by atomic mass is 10.2. The van der Waals surface area contributed by atoms with Crippen molar-refractivity contribution in [2.75, 3.05) is 12.9 Å². The van der Waals surface area contributed by atoms with Crippen molar-refractivity contribution in [3.8, 4) is 11.4 Å². The Hall–Kier alpha value is -2.47. The van der Waals surface area contributed by atoms with Crippen LogP contribution in [-0.4, -0.2) is 34.4 Å². The molecule has 0 radical (unpaired) electrons. The lowest BCUT2D eigenvalue weighted by Crippen LogP contribution is -2.35. The van der Waals surface area contributed by atoms with Gasteiger partial charge in [0.1, 0.15) is 5.75 Å². The molecule has 4 rings (SSSR count). The second kappa shape index (κ2) is 7.64. The van der Waals surface area contributed by atoms with E-state index in [0.717, 1.165) is 27.6 Å². The quantitative estimate of drug-likeness (QED) is 0.628. The van der Waals surface area contributed by atoms with Gasteiger partial charge < -0.3 is 10.1 Å². The van der Waals surface area contributed by atoms with Gasteiger partial charge in [-0.1, -0.05) is 23.9 Å². The van der Waals surface area contributed by atoms with Gasteiger partial charge in [0.05, 0.1) is 23.9 Å². The zero-order chi connectivity index (χ0) is 18.8. The minimum absolute atomic E-state index is 0.0627. The van der Waals surface area contributed by atoms with Gasteiger partial charge in [-0.05, 0) is 62.1 Å². The number of carbonyl (C=O) groups is 1. The molecule has 0 aliphatic heterocycles. The van der Waals surface area contributed by atoms with E-state index in [1.807, 2.05) is 48.5 Å². The maximum absolute atomic E-state index is 12.3. The summed E-state index contributed by atoms with van der Waals surface area (Å²) in [6, 6.07) is 16.2. The van der Waals surface area contributed by atoms with E-state index in [4.69, 9.17) is 9.72 Å². The van der Waals surface area contributed by atoms with Gasteiger partial charge >= 0.3 is 0 Å². The molecule has 1 heterocycles. The fourth-order valence-electron chi connectivity index (χ4n) is 3.22. The topological polar surface area (TPSA) is 56.1 Å². The third kappa shape index (κ3) is 3.95. The Morgan fingerprint density at radius 3 is 2.70 bits per heavy atom. The fraction of sp³-hybridized carbons (Fsp3) is 0.333. The summed E-state index contributed by atoms with van der Waals surface area (Å²) >= 11 is 1.47. The van der Waals surface area contributed by atoms with Crippen LogP contribution in [0, 0.1) is 5.92 Å². The van der Waals surface area contributed by atoms with E-state index in [-0.39, 0.29) is 11.9 Å². The number of hydrogen-bond donors (Lipinski definition) is 1. The minimum Gasteiger partial charge on any atom is -0.497 e. The van der Waals surface area contributed by atoms with E-state index in [9.17, 15) is 4.79 Å². The molecular formula is C21H23N3O2S. The number of aromatic nitrogens is 2. The predicted octanol–water partition coefficient (Wildman–Crippen LogP) is 4.04. The third-order valence-electron chi connectivity index (χ3n) is 4.91. The number of carbonyl (C=O) groups excluding carboxylic acids is 1. The molecule has 0 saturated heterocycles. The smallest absolute Gasteiger partial charge is 0.230 e. The monoisotopic (exact) mass is 381 g/mol. The molecule has 1 aliphatic carbocycles. The Balaban J connectivity index is 1.58. The molecule has 6 heteroatoms. The second-order valence-corrected chi connectivity index (χ2v) is 7.84. The molecule has 1 saturated carbocycles. The number of thioether (sulfide) groups is 1. The van der Waals surface area contributed by atoms with E-state index in [0.29, 0.717) is 11.7 Å². The molecule has 0 bridgehead atoms.